The minimum Gasteiger partial charge on any atom is -0.457 e. The topological polar surface area (TPSA) is 83.6 Å². The molecule has 1 aliphatic heterocycles. The summed E-state index contributed by atoms with van der Waals surface area (Å²) >= 11 is 0. The average molecular weight is 372 g/mol. The summed E-state index contributed by atoms with van der Waals surface area (Å²) in [4.78, 5) is 4.10. The Hall–Kier alpha value is -2.46. The summed E-state index contributed by atoms with van der Waals surface area (Å²) < 4.78 is 53.3. The van der Waals surface area contributed by atoms with Crippen LogP contribution >= 0.6 is 0 Å². The lowest BCUT2D eigenvalue weighted by atomic mass is 10.1. The number of ether oxygens (including phenoxy) is 3. The zero-order chi connectivity index (χ0) is 18.7. The van der Waals surface area contributed by atoms with E-state index in [-0.39, 0.29) is 17.9 Å². The van der Waals surface area contributed by atoms with Crippen molar-refractivity contribution in [2.24, 2.45) is 0 Å². The maximum Gasteiger partial charge on any atom is 0.573 e. The molecule has 0 bridgehead atoms. The molecular formula is C16H19F3N4O3. The average Bonchev–Trinajstić information content (AvgIpc) is 2.92. The van der Waals surface area contributed by atoms with Crippen molar-refractivity contribution < 1.29 is 27.4 Å². The summed E-state index contributed by atoms with van der Waals surface area (Å²) in [6, 6.07) is 6.07. The quantitative estimate of drug-likeness (QED) is 0.806. The summed E-state index contributed by atoms with van der Waals surface area (Å²) in [5.41, 5.74) is 6.50. The number of nitrogen functional groups attached to an aromatic ring is 1. The minimum absolute atomic E-state index is 0.0813. The van der Waals surface area contributed by atoms with Gasteiger partial charge in [-0.3, -0.25) is 4.57 Å². The molecule has 0 saturated heterocycles. The lowest BCUT2D eigenvalue weighted by Crippen LogP contribution is -2.50. The molecule has 2 aromatic rings. The van der Waals surface area contributed by atoms with Crippen molar-refractivity contribution in [3.63, 3.8) is 0 Å². The van der Waals surface area contributed by atoms with Crippen LogP contribution < -0.4 is 20.5 Å². The summed E-state index contributed by atoms with van der Waals surface area (Å²) in [6.07, 6.45) is -3.27. The number of anilines is 1. The number of nitrogens with zero attached hydrogens (tertiary/aromatic N) is 2. The molecule has 0 spiro atoms. The van der Waals surface area contributed by atoms with E-state index in [1.165, 1.54) is 12.1 Å². The van der Waals surface area contributed by atoms with Crippen molar-refractivity contribution >= 4 is 5.82 Å². The SMILES string of the molecule is COC[C@H]1Oc2nc(N)cn2C[C@@H]1NCc1ccc(OC(F)(F)F)cc1. The summed E-state index contributed by atoms with van der Waals surface area (Å²) in [5.74, 6) is 0.120. The first-order valence-corrected chi connectivity index (χ1v) is 7.90. The second kappa shape index (κ2) is 7.42. The maximum atomic E-state index is 12.2. The highest BCUT2D eigenvalue weighted by molar-refractivity contribution is 5.30. The first-order valence-electron chi connectivity index (χ1n) is 7.90. The van der Waals surface area contributed by atoms with Gasteiger partial charge < -0.3 is 25.3 Å². The maximum absolute atomic E-state index is 12.2. The van der Waals surface area contributed by atoms with Gasteiger partial charge in [-0.05, 0) is 17.7 Å². The van der Waals surface area contributed by atoms with E-state index >= 15 is 0 Å². The molecule has 142 valence electrons. The van der Waals surface area contributed by atoms with Gasteiger partial charge in [-0.25, -0.2) is 0 Å². The van der Waals surface area contributed by atoms with Crippen LogP contribution in [0.2, 0.25) is 0 Å². The number of rotatable bonds is 6. The largest absolute Gasteiger partial charge is 0.573 e. The van der Waals surface area contributed by atoms with Crippen molar-refractivity contribution in [1.82, 2.24) is 14.9 Å². The van der Waals surface area contributed by atoms with Gasteiger partial charge in [0.05, 0.1) is 18.8 Å². The van der Waals surface area contributed by atoms with Crippen molar-refractivity contribution in [2.75, 3.05) is 19.5 Å². The lowest BCUT2D eigenvalue weighted by Gasteiger charge is -2.32. The molecule has 1 aliphatic rings. The molecule has 3 N–H and O–H groups in total. The molecule has 0 radical (unpaired) electrons. The van der Waals surface area contributed by atoms with Crippen LogP contribution in [0.5, 0.6) is 11.8 Å². The molecule has 2 heterocycles. The second-order valence-corrected chi connectivity index (χ2v) is 5.89. The second-order valence-electron chi connectivity index (χ2n) is 5.89. The summed E-state index contributed by atoms with van der Waals surface area (Å²) in [6.45, 7) is 1.39. The van der Waals surface area contributed by atoms with Crippen molar-refractivity contribution in [3.8, 4) is 11.8 Å². The van der Waals surface area contributed by atoms with Crippen LogP contribution in [0.15, 0.2) is 30.5 Å². The predicted molar refractivity (Wildman–Crippen MR) is 86.7 cm³/mol. The van der Waals surface area contributed by atoms with Gasteiger partial charge in [0.15, 0.2) is 0 Å². The van der Waals surface area contributed by atoms with E-state index in [9.17, 15) is 13.2 Å². The van der Waals surface area contributed by atoms with Gasteiger partial charge in [0.2, 0.25) is 0 Å². The van der Waals surface area contributed by atoms with Crippen LogP contribution in [0.4, 0.5) is 19.0 Å². The van der Waals surface area contributed by atoms with Crippen LogP contribution in [0.1, 0.15) is 5.56 Å². The van der Waals surface area contributed by atoms with Crippen LogP contribution in [-0.2, 0) is 17.8 Å². The number of alkyl halides is 3. The lowest BCUT2D eigenvalue weighted by molar-refractivity contribution is -0.274. The van der Waals surface area contributed by atoms with E-state index < -0.39 is 6.36 Å². The molecule has 2 atom stereocenters. The fourth-order valence-corrected chi connectivity index (χ4v) is 2.76. The highest BCUT2D eigenvalue weighted by Crippen LogP contribution is 2.24. The number of hydrogen-bond acceptors (Lipinski definition) is 6. The Morgan fingerprint density at radius 1 is 1.35 bits per heavy atom. The Kier molecular flexibility index (Phi) is 5.23. The number of hydrogen-bond donors (Lipinski definition) is 2. The van der Waals surface area contributed by atoms with Crippen molar-refractivity contribution in [3.05, 3.63) is 36.0 Å². The van der Waals surface area contributed by atoms with Crippen molar-refractivity contribution in [1.29, 1.82) is 0 Å². The van der Waals surface area contributed by atoms with E-state index in [2.05, 4.69) is 15.0 Å². The Bertz CT molecular complexity index is 733. The fraction of sp³-hybridized carbons (Fsp3) is 0.438. The first kappa shape index (κ1) is 18.3. The normalized spacial score (nSPS) is 19.7. The Labute approximate surface area is 147 Å². The molecule has 0 fully saturated rings. The Morgan fingerprint density at radius 3 is 2.73 bits per heavy atom. The Balaban J connectivity index is 1.62. The molecule has 3 rings (SSSR count). The zero-order valence-electron chi connectivity index (χ0n) is 14.0. The van der Waals surface area contributed by atoms with Gasteiger partial charge in [-0.2, -0.15) is 4.98 Å². The number of imidazole rings is 1. The van der Waals surface area contributed by atoms with E-state index in [0.29, 0.717) is 31.5 Å². The summed E-state index contributed by atoms with van der Waals surface area (Å²) in [5, 5.41) is 3.33. The number of aromatic nitrogens is 2. The zero-order valence-corrected chi connectivity index (χ0v) is 14.0. The molecule has 0 saturated carbocycles. The van der Waals surface area contributed by atoms with Crippen LogP contribution in [0.25, 0.3) is 0 Å². The fourth-order valence-electron chi connectivity index (χ4n) is 2.76. The van der Waals surface area contributed by atoms with E-state index in [0.717, 1.165) is 5.56 Å². The molecular weight excluding hydrogens is 353 g/mol. The van der Waals surface area contributed by atoms with E-state index in [1.807, 2.05) is 0 Å². The molecule has 0 unspecified atom stereocenters. The third kappa shape index (κ3) is 4.58. The number of halogens is 3. The first-order chi connectivity index (χ1) is 12.3. The Morgan fingerprint density at radius 2 is 2.08 bits per heavy atom. The monoisotopic (exact) mass is 372 g/mol. The predicted octanol–water partition coefficient (Wildman–Crippen LogP) is 1.93. The smallest absolute Gasteiger partial charge is 0.457 e. The van der Waals surface area contributed by atoms with Gasteiger partial charge in [0.1, 0.15) is 17.7 Å². The van der Waals surface area contributed by atoms with Gasteiger partial charge in [-0.1, -0.05) is 12.1 Å². The number of benzene rings is 1. The molecule has 0 aliphatic carbocycles. The number of fused-ring (bicyclic) bond motifs is 1. The molecule has 0 amide bonds. The van der Waals surface area contributed by atoms with E-state index in [1.54, 1.807) is 30.0 Å². The molecule has 7 nitrogen and oxygen atoms in total. The third-order valence-electron chi connectivity index (χ3n) is 3.91. The standard InChI is InChI=1S/C16H19F3N4O3/c1-24-9-13-12(7-23-8-14(20)22-15(23)25-13)21-6-10-2-4-11(5-3-10)26-16(17,18)19/h2-5,8,12-13,21H,6-7,9,20H2,1H3/t12-,13+/m0/s1. The highest BCUT2D eigenvalue weighted by Gasteiger charge is 2.32. The number of nitrogens with one attached hydrogen (secondary N) is 1. The molecule has 26 heavy (non-hydrogen) atoms. The van der Waals surface area contributed by atoms with Gasteiger partial charge in [0, 0.05) is 20.2 Å². The number of nitrogens with two attached hydrogens (primary N) is 1. The number of methoxy groups -OCH3 is 1. The summed E-state index contributed by atoms with van der Waals surface area (Å²) in [7, 11) is 1.58. The van der Waals surface area contributed by atoms with E-state index in [4.69, 9.17) is 15.2 Å². The highest BCUT2D eigenvalue weighted by atomic mass is 19.4. The molecule has 1 aromatic carbocycles. The minimum atomic E-state index is -4.70. The molecule has 10 heteroatoms. The van der Waals surface area contributed by atoms with Gasteiger partial charge in [-0.15, -0.1) is 13.2 Å². The molecule has 1 aromatic heterocycles. The van der Waals surface area contributed by atoms with Gasteiger partial charge in [0.25, 0.3) is 6.01 Å². The van der Waals surface area contributed by atoms with Crippen LogP contribution in [0.3, 0.4) is 0 Å². The van der Waals surface area contributed by atoms with Crippen molar-refractivity contribution in [2.45, 2.75) is 31.6 Å². The van der Waals surface area contributed by atoms with Gasteiger partial charge >= 0.3 is 6.36 Å². The van der Waals surface area contributed by atoms with Crippen LogP contribution in [-0.4, -0.2) is 41.8 Å². The third-order valence-corrected chi connectivity index (χ3v) is 3.91. The van der Waals surface area contributed by atoms with Crippen LogP contribution in [0, 0.1) is 0 Å².